The van der Waals surface area contributed by atoms with Gasteiger partial charge in [0.25, 0.3) is 5.91 Å². The molecule has 5 heteroatoms. The second kappa shape index (κ2) is 3.43. The van der Waals surface area contributed by atoms with Crippen molar-refractivity contribution in [1.82, 2.24) is 5.32 Å². The summed E-state index contributed by atoms with van der Waals surface area (Å²) in [6.45, 7) is 1.47. The minimum atomic E-state index is -0.445. The molecule has 0 unspecified atom stereocenters. The molecule has 0 atom stereocenters. The van der Waals surface area contributed by atoms with E-state index in [1.165, 1.54) is 6.92 Å². The zero-order valence-electron chi connectivity index (χ0n) is 7.25. The normalized spacial score (nSPS) is 14.1. The molecule has 0 fully saturated rings. The number of nitriles is 3. The van der Waals surface area contributed by atoms with Crippen molar-refractivity contribution in [1.29, 1.82) is 15.8 Å². The molecule has 1 aliphatic rings. The Bertz CT molecular complexity index is 474. The first kappa shape index (κ1) is 9.51. The van der Waals surface area contributed by atoms with Gasteiger partial charge in [-0.05, 0) is 6.92 Å². The van der Waals surface area contributed by atoms with E-state index in [1.54, 1.807) is 18.2 Å². The first-order valence-corrected chi connectivity index (χ1v) is 3.62. The van der Waals surface area contributed by atoms with Crippen LogP contribution in [0.3, 0.4) is 0 Å². The molecule has 0 saturated carbocycles. The number of carbonyl (C=O) groups is 1. The van der Waals surface area contributed by atoms with Crippen LogP contribution in [0.4, 0.5) is 0 Å². The molecule has 1 aliphatic heterocycles. The van der Waals surface area contributed by atoms with Crippen molar-refractivity contribution < 1.29 is 4.79 Å². The van der Waals surface area contributed by atoms with Crippen molar-refractivity contribution in [2.24, 2.45) is 0 Å². The van der Waals surface area contributed by atoms with E-state index in [0.29, 0.717) is 0 Å². The molecule has 1 amide bonds. The van der Waals surface area contributed by atoms with Gasteiger partial charge in [0.05, 0.1) is 11.3 Å². The maximum atomic E-state index is 11.1. The topological polar surface area (TPSA) is 100 Å². The van der Waals surface area contributed by atoms with Crippen LogP contribution >= 0.6 is 0 Å². The van der Waals surface area contributed by atoms with E-state index in [4.69, 9.17) is 15.8 Å². The highest BCUT2D eigenvalue weighted by Gasteiger charge is 2.26. The van der Waals surface area contributed by atoms with Crippen molar-refractivity contribution >= 4 is 5.91 Å². The Morgan fingerprint density at radius 1 is 1.29 bits per heavy atom. The molecule has 1 rings (SSSR count). The Labute approximate surface area is 80.2 Å². The van der Waals surface area contributed by atoms with Crippen LogP contribution < -0.4 is 5.32 Å². The number of nitrogens with one attached hydrogen (secondary N) is 1. The number of hydrogen-bond donors (Lipinski definition) is 1. The molecule has 0 aromatic carbocycles. The minimum absolute atomic E-state index is 0.0139. The third-order valence-electron chi connectivity index (χ3n) is 1.79. The molecule has 1 N–H and O–H groups in total. The summed E-state index contributed by atoms with van der Waals surface area (Å²) in [4.78, 5) is 11.1. The van der Waals surface area contributed by atoms with Crippen LogP contribution in [0.5, 0.6) is 0 Å². The Morgan fingerprint density at radius 3 is 2.29 bits per heavy atom. The lowest BCUT2D eigenvalue weighted by atomic mass is 10.1. The number of nitrogens with zero attached hydrogens (tertiary/aromatic N) is 3. The maximum Gasteiger partial charge on any atom is 0.252 e. The molecule has 14 heavy (non-hydrogen) atoms. The molecule has 66 valence electrons. The van der Waals surface area contributed by atoms with Gasteiger partial charge in [-0.3, -0.25) is 4.79 Å². The summed E-state index contributed by atoms with van der Waals surface area (Å²) in [5, 5.41) is 28.1. The molecular formula is C9H4N4O. The van der Waals surface area contributed by atoms with Crippen molar-refractivity contribution in [3.8, 4) is 18.2 Å². The van der Waals surface area contributed by atoms with E-state index in [1.807, 2.05) is 0 Å². The summed E-state index contributed by atoms with van der Waals surface area (Å²) in [7, 11) is 0. The SMILES string of the molecule is CC1=C(C#N)C(=C(C#N)C#N)NC1=O. The lowest BCUT2D eigenvalue weighted by Crippen LogP contribution is -2.16. The zero-order chi connectivity index (χ0) is 10.7. The van der Waals surface area contributed by atoms with Crippen molar-refractivity contribution in [3.63, 3.8) is 0 Å². The Hall–Kier alpha value is -2.58. The highest BCUT2D eigenvalue weighted by Crippen LogP contribution is 2.21. The molecule has 0 spiro atoms. The van der Waals surface area contributed by atoms with Crippen LogP contribution in [0.2, 0.25) is 0 Å². The highest BCUT2D eigenvalue weighted by molar-refractivity contribution is 6.01. The van der Waals surface area contributed by atoms with Crippen molar-refractivity contribution in [2.75, 3.05) is 0 Å². The number of amides is 1. The molecule has 0 aromatic rings. The van der Waals surface area contributed by atoms with Gasteiger partial charge in [0.2, 0.25) is 0 Å². The fraction of sp³-hybridized carbons (Fsp3) is 0.111. The molecule has 0 aromatic heterocycles. The van der Waals surface area contributed by atoms with Gasteiger partial charge in [0, 0.05) is 5.57 Å². The van der Waals surface area contributed by atoms with Crippen LogP contribution in [0, 0.1) is 34.0 Å². The minimum Gasteiger partial charge on any atom is -0.319 e. The van der Waals surface area contributed by atoms with E-state index in [9.17, 15) is 4.79 Å². The number of hydrogen-bond acceptors (Lipinski definition) is 4. The van der Waals surface area contributed by atoms with Crippen LogP contribution in [0.25, 0.3) is 0 Å². The second-order valence-corrected chi connectivity index (χ2v) is 2.54. The quantitative estimate of drug-likeness (QED) is 0.545. The number of rotatable bonds is 0. The zero-order valence-corrected chi connectivity index (χ0v) is 7.25. The fourth-order valence-corrected chi connectivity index (χ4v) is 1.03. The van der Waals surface area contributed by atoms with Gasteiger partial charge in [0.15, 0.2) is 5.57 Å². The van der Waals surface area contributed by atoms with E-state index >= 15 is 0 Å². The first-order chi connectivity index (χ1) is 6.65. The van der Waals surface area contributed by atoms with Gasteiger partial charge in [-0.2, -0.15) is 15.8 Å². The lowest BCUT2D eigenvalue weighted by molar-refractivity contribution is -0.116. The van der Waals surface area contributed by atoms with Gasteiger partial charge in [0.1, 0.15) is 18.2 Å². The summed E-state index contributed by atoms with van der Waals surface area (Å²) in [6.07, 6.45) is 0. The summed E-state index contributed by atoms with van der Waals surface area (Å²) in [5.41, 5.74) is 0.0466. The standard InChI is InChI=1S/C9H4N4O/c1-5-7(4-12)8(13-9(5)14)6(2-10)3-11/h1H3,(H,13,14). The molecule has 5 nitrogen and oxygen atoms in total. The third-order valence-corrected chi connectivity index (χ3v) is 1.79. The van der Waals surface area contributed by atoms with Gasteiger partial charge >= 0.3 is 0 Å². The summed E-state index contributed by atoms with van der Waals surface area (Å²) < 4.78 is 0. The molecule has 0 radical (unpaired) electrons. The average molecular weight is 184 g/mol. The Morgan fingerprint density at radius 2 is 1.86 bits per heavy atom. The van der Waals surface area contributed by atoms with Crippen molar-refractivity contribution in [3.05, 3.63) is 22.4 Å². The summed E-state index contributed by atoms with van der Waals surface area (Å²) >= 11 is 0. The van der Waals surface area contributed by atoms with Gasteiger partial charge in [-0.25, -0.2) is 0 Å². The number of carbonyl (C=O) groups excluding carboxylic acids is 1. The number of allylic oxidation sites excluding steroid dienone is 2. The predicted octanol–water partition coefficient (Wildman–Crippen LogP) is 0.258. The fourth-order valence-electron chi connectivity index (χ4n) is 1.03. The lowest BCUT2D eigenvalue weighted by Gasteiger charge is -1.95. The largest absolute Gasteiger partial charge is 0.319 e. The van der Waals surface area contributed by atoms with Crippen molar-refractivity contribution in [2.45, 2.75) is 6.92 Å². The Kier molecular flexibility index (Phi) is 2.33. The highest BCUT2D eigenvalue weighted by atomic mass is 16.1. The summed E-state index contributed by atoms with van der Waals surface area (Å²) in [5.74, 6) is -0.445. The molecule has 0 aliphatic carbocycles. The smallest absolute Gasteiger partial charge is 0.252 e. The molecule has 0 bridgehead atoms. The average Bonchev–Trinajstić information content (AvgIpc) is 2.45. The van der Waals surface area contributed by atoms with Gasteiger partial charge in [-0.15, -0.1) is 0 Å². The van der Waals surface area contributed by atoms with Crippen LogP contribution in [-0.2, 0) is 4.79 Å². The van der Waals surface area contributed by atoms with Crippen LogP contribution in [0.15, 0.2) is 22.4 Å². The predicted molar refractivity (Wildman–Crippen MR) is 44.7 cm³/mol. The molecule has 0 saturated heterocycles. The van der Waals surface area contributed by atoms with Gasteiger partial charge in [-0.1, -0.05) is 0 Å². The monoisotopic (exact) mass is 184 g/mol. The van der Waals surface area contributed by atoms with E-state index in [2.05, 4.69) is 5.32 Å². The molecule has 1 heterocycles. The van der Waals surface area contributed by atoms with Crippen LogP contribution in [-0.4, -0.2) is 5.91 Å². The third kappa shape index (κ3) is 1.22. The van der Waals surface area contributed by atoms with E-state index in [0.717, 1.165) is 0 Å². The first-order valence-electron chi connectivity index (χ1n) is 3.62. The Balaban J connectivity index is 3.44. The second-order valence-electron chi connectivity index (χ2n) is 2.54. The van der Waals surface area contributed by atoms with Gasteiger partial charge < -0.3 is 5.32 Å². The molecular weight excluding hydrogens is 180 g/mol. The van der Waals surface area contributed by atoms with Crippen LogP contribution in [0.1, 0.15) is 6.92 Å². The maximum absolute atomic E-state index is 11.1. The van der Waals surface area contributed by atoms with E-state index in [-0.39, 0.29) is 22.4 Å². The summed E-state index contributed by atoms with van der Waals surface area (Å²) in [6, 6.07) is 5.01. The van der Waals surface area contributed by atoms with E-state index < -0.39 is 5.91 Å².